The van der Waals surface area contributed by atoms with E-state index in [2.05, 4.69) is 10.2 Å². The Kier molecular flexibility index (Phi) is 6.01. The number of rotatable bonds is 6. The molecule has 0 fully saturated rings. The number of halogens is 3. The predicted octanol–water partition coefficient (Wildman–Crippen LogP) is 3.26. The van der Waals surface area contributed by atoms with Gasteiger partial charge < -0.3 is 10.1 Å². The van der Waals surface area contributed by atoms with Gasteiger partial charge in [-0.25, -0.2) is 4.79 Å². The number of hydrogen-bond donors (Lipinski definition) is 2. The second kappa shape index (κ2) is 8.06. The Hall–Kier alpha value is -3.44. The molecule has 28 heavy (non-hydrogen) atoms. The largest absolute Gasteiger partial charge is 0.452 e. The Morgan fingerprint density at radius 1 is 1.36 bits per heavy atom. The maximum absolute atomic E-state index is 13.1. The van der Waals surface area contributed by atoms with E-state index in [0.29, 0.717) is 11.8 Å². The van der Waals surface area contributed by atoms with Crippen LogP contribution in [0.1, 0.15) is 41.4 Å². The first-order chi connectivity index (χ1) is 13.0. The molecule has 0 bridgehead atoms. The van der Waals surface area contributed by atoms with Gasteiger partial charge in [-0.2, -0.15) is 18.3 Å². The van der Waals surface area contributed by atoms with Crippen molar-refractivity contribution in [3.8, 4) is 0 Å². The van der Waals surface area contributed by atoms with Gasteiger partial charge in [-0.15, -0.1) is 0 Å². The van der Waals surface area contributed by atoms with Gasteiger partial charge >= 0.3 is 12.1 Å². The van der Waals surface area contributed by atoms with Gasteiger partial charge in [0.15, 0.2) is 6.61 Å². The van der Waals surface area contributed by atoms with Gasteiger partial charge in [-0.1, -0.05) is 13.8 Å². The average Bonchev–Trinajstić information content (AvgIpc) is 3.09. The molecule has 1 heterocycles. The van der Waals surface area contributed by atoms with E-state index in [0.717, 1.165) is 12.1 Å². The summed E-state index contributed by atoms with van der Waals surface area (Å²) in [5, 5.41) is 18.9. The number of esters is 1. The highest BCUT2D eigenvalue weighted by Crippen LogP contribution is 2.37. The molecule has 9 nitrogen and oxygen atoms in total. The molecule has 2 rings (SSSR count). The van der Waals surface area contributed by atoms with Crippen LogP contribution >= 0.6 is 0 Å². The minimum absolute atomic E-state index is 0.0756. The SMILES string of the molecule is CC(C)c1[nH]ncc1C(=O)OCC(=O)Nc1ccc([N+](=O)[O-])cc1C(F)(F)F. The summed E-state index contributed by atoms with van der Waals surface area (Å²) >= 11 is 0. The molecule has 150 valence electrons. The maximum atomic E-state index is 13.1. The van der Waals surface area contributed by atoms with Crippen LogP contribution in [0.5, 0.6) is 0 Å². The van der Waals surface area contributed by atoms with Gasteiger partial charge in [0.2, 0.25) is 0 Å². The van der Waals surface area contributed by atoms with Gasteiger partial charge in [0.1, 0.15) is 5.56 Å². The van der Waals surface area contributed by atoms with E-state index in [1.807, 2.05) is 5.32 Å². The highest BCUT2D eigenvalue weighted by molar-refractivity contribution is 5.96. The van der Waals surface area contributed by atoms with E-state index in [1.54, 1.807) is 13.8 Å². The topological polar surface area (TPSA) is 127 Å². The Bertz CT molecular complexity index is 908. The zero-order valence-corrected chi connectivity index (χ0v) is 14.7. The second-order valence-electron chi connectivity index (χ2n) is 5.96. The molecule has 0 saturated heterocycles. The molecule has 0 spiro atoms. The highest BCUT2D eigenvalue weighted by atomic mass is 19.4. The molecule has 1 aromatic carbocycles. The molecule has 0 unspecified atom stereocenters. The van der Waals surface area contributed by atoms with Crippen molar-refractivity contribution in [3.05, 3.63) is 51.3 Å². The summed E-state index contributed by atoms with van der Waals surface area (Å²) in [6.45, 7) is 2.74. The number of nitro benzene ring substituents is 1. The van der Waals surface area contributed by atoms with Crippen LogP contribution in [0.4, 0.5) is 24.5 Å². The number of benzene rings is 1. The van der Waals surface area contributed by atoms with Crippen LogP contribution in [0.25, 0.3) is 0 Å². The van der Waals surface area contributed by atoms with Crippen LogP contribution in [-0.2, 0) is 15.7 Å². The van der Waals surface area contributed by atoms with Crippen LogP contribution in [-0.4, -0.2) is 33.6 Å². The number of alkyl halides is 3. The lowest BCUT2D eigenvalue weighted by molar-refractivity contribution is -0.385. The van der Waals surface area contributed by atoms with E-state index in [4.69, 9.17) is 4.74 Å². The van der Waals surface area contributed by atoms with Crippen molar-refractivity contribution in [2.45, 2.75) is 25.9 Å². The molecule has 0 aliphatic heterocycles. The molecule has 0 aliphatic rings. The number of ether oxygens (including phenoxy) is 1. The molecule has 2 N–H and O–H groups in total. The first-order valence-electron chi connectivity index (χ1n) is 7.86. The Morgan fingerprint density at radius 3 is 2.61 bits per heavy atom. The number of anilines is 1. The number of H-pyrrole nitrogens is 1. The van der Waals surface area contributed by atoms with Crippen LogP contribution in [0.15, 0.2) is 24.4 Å². The molecule has 0 aliphatic carbocycles. The number of nitro groups is 1. The normalized spacial score (nSPS) is 11.4. The van der Waals surface area contributed by atoms with Crippen molar-refractivity contribution in [1.82, 2.24) is 10.2 Å². The molecule has 0 atom stereocenters. The maximum Gasteiger partial charge on any atom is 0.418 e. The number of amides is 1. The van der Waals surface area contributed by atoms with Crippen molar-refractivity contribution >= 4 is 23.3 Å². The summed E-state index contributed by atoms with van der Waals surface area (Å²) in [5.74, 6) is -1.98. The number of carbonyl (C=O) groups excluding carboxylic acids is 2. The van der Waals surface area contributed by atoms with Gasteiger partial charge in [0, 0.05) is 12.1 Å². The lowest BCUT2D eigenvalue weighted by atomic mass is 10.1. The van der Waals surface area contributed by atoms with E-state index in [1.165, 1.54) is 6.20 Å². The fraction of sp³-hybridized carbons (Fsp3) is 0.312. The fourth-order valence-electron chi connectivity index (χ4n) is 2.28. The number of aromatic nitrogens is 2. The lowest BCUT2D eigenvalue weighted by Gasteiger charge is -2.13. The lowest BCUT2D eigenvalue weighted by Crippen LogP contribution is -2.23. The molecule has 12 heteroatoms. The summed E-state index contributed by atoms with van der Waals surface area (Å²) < 4.78 is 44.1. The zero-order valence-electron chi connectivity index (χ0n) is 14.7. The molecular weight excluding hydrogens is 385 g/mol. The number of non-ortho nitro benzene ring substituents is 1. The monoisotopic (exact) mass is 400 g/mol. The quantitative estimate of drug-likeness (QED) is 0.435. The molecule has 1 amide bonds. The Labute approximate surface area is 156 Å². The Morgan fingerprint density at radius 2 is 2.04 bits per heavy atom. The van der Waals surface area contributed by atoms with Crippen molar-refractivity contribution < 1.29 is 32.4 Å². The average molecular weight is 400 g/mol. The first-order valence-corrected chi connectivity index (χ1v) is 7.86. The molecular formula is C16H15F3N4O5. The first kappa shape index (κ1) is 20.9. The zero-order chi connectivity index (χ0) is 21.1. The standard InChI is InChI=1S/C16H15F3N4O5/c1-8(2)14-10(6-20-22-14)15(25)28-7-13(24)21-12-4-3-9(23(26)27)5-11(12)16(17,18)19/h3-6,8H,7H2,1-2H3,(H,20,22)(H,21,24). The third kappa shape index (κ3) is 4.84. The van der Waals surface area contributed by atoms with Gasteiger partial charge in [-0.05, 0) is 12.0 Å². The Balaban J connectivity index is 2.10. The van der Waals surface area contributed by atoms with E-state index >= 15 is 0 Å². The van der Waals surface area contributed by atoms with Crippen LogP contribution in [0, 0.1) is 10.1 Å². The molecule has 1 aromatic heterocycles. The highest BCUT2D eigenvalue weighted by Gasteiger charge is 2.35. The number of nitrogens with zero attached hydrogens (tertiary/aromatic N) is 2. The molecule has 2 aromatic rings. The van der Waals surface area contributed by atoms with Crippen molar-refractivity contribution in [1.29, 1.82) is 0 Å². The van der Waals surface area contributed by atoms with Crippen LogP contribution in [0.2, 0.25) is 0 Å². The van der Waals surface area contributed by atoms with Crippen LogP contribution < -0.4 is 5.32 Å². The fourth-order valence-corrected chi connectivity index (χ4v) is 2.28. The van der Waals surface area contributed by atoms with Crippen LogP contribution in [0.3, 0.4) is 0 Å². The number of carbonyl (C=O) groups is 2. The van der Waals surface area contributed by atoms with Crippen molar-refractivity contribution in [2.24, 2.45) is 0 Å². The number of hydrogen-bond acceptors (Lipinski definition) is 6. The summed E-state index contributed by atoms with van der Waals surface area (Å²) in [6.07, 6.45) is -3.72. The molecule has 0 radical (unpaired) electrons. The van der Waals surface area contributed by atoms with Crippen molar-refractivity contribution in [3.63, 3.8) is 0 Å². The summed E-state index contributed by atoms with van der Waals surface area (Å²) in [6, 6.07) is 1.88. The summed E-state index contributed by atoms with van der Waals surface area (Å²) in [5.41, 5.74) is -2.27. The predicted molar refractivity (Wildman–Crippen MR) is 89.7 cm³/mol. The number of aromatic amines is 1. The third-order valence-corrected chi connectivity index (χ3v) is 3.59. The summed E-state index contributed by atoms with van der Waals surface area (Å²) in [7, 11) is 0. The van der Waals surface area contributed by atoms with Gasteiger partial charge in [-0.3, -0.25) is 20.0 Å². The van der Waals surface area contributed by atoms with Gasteiger partial charge in [0.25, 0.3) is 11.6 Å². The second-order valence-corrected chi connectivity index (χ2v) is 5.96. The minimum Gasteiger partial charge on any atom is -0.452 e. The van der Waals surface area contributed by atoms with Gasteiger partial charge in [0.05, 0.1) is 28.1 Å². The van der Waals surface area contributed by atoms with E-state index in [-0.39, 0.29) is 11.5 Å². The smallest absolute Gasteiger partial charge is 0.418 e. The summed E-state index contributed by atoms with van der Waals surface area (Å²) in [4.78, 5) is 33.6. The minimum atomic E-state index is -4.94. The molecule has 0 saturated carbocycles. The number of nitrogens with one attached hydrogen (secondary N) is 2. The van der Waals surface area contributed by atoms with E-state index in [9.17, 15) is 32.9 Å². The van der Waals surface area contributed by atoms with E-state index < -0.39 is 46.5 Å². The third-order valence-electron chi connectivity index (χ3n) is 3.59. The van der Waals surface area contributed by atoms with Crippen molar-refractivity contribution in [2.75, 3.05) is 11.9 Å².